The first kappa shape index (κ1) is 38.7. The number of hydrogen-bond donors (Lipinski definition) is 2. The zero-order valence-corrected chi connectivity index (χ0v) is 31.6. The second-order valence-corrected chi connectivity index (χ2v) is 14.4. The fourth-order valence-electron chi connectivity index (χ4n) is 6.37. The van der Waals surface area contributed by atoms with Gasteiger partial charge in [0, 0.05) is 60.2 Å². The van der Waals surface area contributed by atoms with Crippen LogP contribution in [0, 0.1) is 0 Å². The third-order valence-corrected chi connectivity index (χ3v) is 10.5. The SMILES string of the molecule is CCN(CC)c1ccc(C(=C2C=CC(=[N+](CC)Cc3cccc(S(=O)(=O)O)c3)C=C2)c2ccc(N(CC)Cc3cccc(SOOO)c3)cc2)cc1. The van der Waals surface area contributed by atoms with Crippen LogP contribution in [0.2, 0.25) is 0 Å². The first-order valence-electron chi connectivity index (χ1n) is 17.4. The number of hydrogen-bond acceptors (Lipinski definition) is 8. The van der Waals surface area contributed by atoms with Crippen molar-refractivity contribution < 1.29 is 32.2 Å². The average Bonchev–Trinajstić information content (AvgIpc) is 3.17. The van der Waals surface area contributed by atoms with Gasteiger partial charge in [0.1, 0.15) is 6.54 Å². The molecule has 0 fully saturated rings. The number of nitrogens with zero attached hydrogens (tertiary/aromatic N) is 3. The van der Waals surface area contributed by atoms with Crippen molar-refractivity contribution in [2.75, 3.05) is 36.0 Å². The molecule has 4 aromatic carbocycles. The lowest BCUT2D eigenvalue weighted by molar-refractivity contribution is -0.539. The molecule has 0 saturated carbocycles. The smallest absolute Gasteiger partial charge is 0.294 e. The van der Waals surface area contributed by atoms with Crippen LogP contribution in [-0.2, 0) is 32.6 Å². The van der Waals surface area contributed by atoms with Crippen molar-refractivity contribution in [2.45, 2.75) is 50.6 Å². The minimum absolute atomic E-state index is 0.107. The maximum atomic E-state index is 11.7. The van der Waals surface area contributed by atoms with Crippen molar-refractivity contribution in [3.8, 4) is 0 Å². The van der Waals surface area contributed by atoms with Gasteiger partial charge in [0.15, 0.2) is 12.3 Å². The Morgan fingerprint density at radius 3 is 1.87 bits per heavy atom. The fourth-order valence-corrected chi connectivity index (χ4v) is 7.37. The summed E-state index contributed by atoms with van der Waals surface area (Å²) in [6.45, 7) is 13.1. The Hall–Kier alpha value is -4.49. The van der Waals surface area contributed by atoms with E-state index in [1.807, 2.05) is 24.3 Å². The molecule has 9 nitrogen and oxygen atoms in total. The molecule has 0 amide bonds. The second kappa shape index (κ2) is 18.3. The van der Waals surface area contributed by atoms with E-state index in [1.165, 1.54) is 17.8 Å². The minimum Gasteiger partial charge on any atom is -0.372 e. The quantitative estimate of drug-likeness (QED) is 0.0384. The standard InChI is InChI=1S/C41H45N3O6S2/c1-5-42(6-2)36-21-15-33(16-22-36)41(34-17-23-37(24-18-34)43(7-3)29-31-11-9-13-39(27-31)51-50-49-45)35-19-25-38(26-20-35)44(8-4)30-32-12-10-14-40(28-32)52(46,47)48/h9-28H,5-8,29-30H2,1-4H3,(H-,45,46,47,48)/p+1. The molecule has 272 valence electrons. The molecule has 0 heterocycles. The van der Waals surface area contributed by atoms with Crippen molar-refractivity contribution in [1.82, 2.24) is 0 Å². The molecule has 0 radical (unpaired) electrons. The van der Waals surface area contributed by atoms with E-state index in [0.29, 0.717) is 19.6 Å². The molecule has 0 atom stereocenters. The Labute approximate surface area is 311 Å². The first-order chi connectivity index (χ1) is 25.2. The molecule has 1 aliphatic rings. The van der Waals surface area contributed by atoms with Crippen LogP contribution < -0.4 is 9.80 Å². The Morgan fingerprint density at radius 1 is 0.731 bits per heavy atom. The van der Waals surface area contributed by atoms with Crippen molar-refractivity contribution >= 4 is 44.8 Å². The Balaban J connectivity index is 1.48. The van der Waals surface area contributed by atoms with E-state index in [1.54, 1.807) is 6.07 Å². The average molecular weight is 741 g/mol. The first-order valence-corrected chi connectivity index (χ1v) is 19.6. The normalized spacial score (nSPS) is 12.7. The van der Waals surface area contributed by atoms with Gasteiger partial charge in [-0.05, 0) is 116 Å². The van der Waals surface area contributed by atoms with Crippen LogP contribution in [0.25, 0.3) is 5.57 Å². The highest BCUT2D eigenvalue weighted by Gasteiger charge is 2.18. The molecular weight excluding hydrogens is 695 g/mol. The summed E-state index contributed by atoms with van der Waals surface area (Å²) in [5.74, 6) is 0. The maximum Gasteiger partial charge on any atom is 0.294 e. The molecule has 0 spiro atoms. The lowest BCUT2D eigenvalue weighted by Gasteiger charge is -2.24. The molecular formula is C41H46N3O6S2+. The van der Waals surface area contributed by atoms with Gasteiger partial charge in [-0.1, -0.05) is 53.6 Å². The second-order valence-electron chi connectivity index (χ2n) is 12.2. The molecule has 1 aliphatic carbocycles. The summed E-state index contributed by atoms with van der Waals surface area (Å²) < 4.78 is 39.8. The molecule has 5 rings (SSSR count). The number of benzene rings is 4. The van der Waals surface area contributed by atoms with Gasteiger partial charge in [0.05, 0.1) is 16.9 Å². The van der Waals surface area contributed by atoms with Crippen molar-refractivity contribution in [1.29, 1.82) is 0 Å². The Bertz CT molecular complexity index is 2030. The Morgan fingerprint density at radius 2 is 1.31 bits per heavy atom. The van der Waals surface area contributed by atoms with Gasteiger partial charge in [0.2, 0.25) is 0 Å². The lowest BCUT2D eigenvalue weighted by Crippen LogP contribution is -2.22. The summed E-state index contributed by atoms with van der Waals surface area (Å²) in [7, 11) is -4.28. The minimum atomic E-state index is -4.28. The predicted octanol–water partition coefficient (Wildman–Crippen LogP) is 8.84. The van der Waals surface area contributed by atoms with Crippen LogP contribution in [0.4, 0.5) is 11.4 Å². The molecule has 11 heteroatoms. The number of anilines is 2. The van der Waals surface area contributed by atoms with Crippen LogP contribution in [-0.4, -0.2) is 54.7 Å². The van der Waals surface area contributed by atoms with E-state index >= 15 is 0 Å². The third-order valence-electron chi connectivity index (χ3n) is 9.09. The summed E-state index contributed by atoms with van der Waals surface area (Å²) in [6.07, 6.45) is 8.49. The van der Waals surface area contributed by atoms with Crippen LogP contribution in [0.5, 0.6) is 0 Å². The highest BCUT2D eigenvalue weighted by Crippen LogP contribution is 2.33. The van der Waals surface area contributed by atoms with Gasteiger partial charge in [-0.15, -0.1) is 4.33 Å². The van der Waals surface area contributed by atoms with Crippen molar-refractivity contribution in [3.63, 3.8) is 0 Å². The van der Waals surface area contributed by atoms with E-state index in [4.69, 9.17) is 5.26 Å². The third kappa shape index (κ3) is 9.88. The molecule has 0 saturated heterocycles. The van der Waals surface area contributed by atoms with Crippen LogP contribution in [0.15, 0.2) is 137 Å². The molecule has 0 bridgehead atoms. The van der Waals surface area contributed by atoms with Crippen molar-refractivity contribution in [3.05, 3.63) is 149 Å². The monoisotopic (exact) mass is 740 g/mol. The lowest BCUT2D eigenvalue weighted by atomic mass is 9.90. The topological polar surface area (TPSA) is 103 Å². The van der Waals surface area contributed by atoms with Gasteiger partial charge in [-0.25, -0.2) is 9.83 Å². The van der Waals surface area contributed by atoms with Crippen LogP contribution >= 0.6 is 12.0 Å². The van der Waals surface area contributed by atoms with Crippen LogP contribution in [0.1, 0.15) is 49.9 Å². The van der Waals surface area contributed by atoms with Gasteiger partial charge in [-0.2, -0.15) is 8.42 Å². The van der Waals surface area contributed by atoms with Crippen LogP contribution in [0.3, 0.4) is 0 Å². The zero-order valence-electron chi connectivity index (χ0n) is 30.0. The highest BCUT2D eigenvalue weighted by molar-refractivity contribution is 7.94. The molecule has 4 aromatic rings. The fraction of sp³-hybridized carbons (Fsp3) is 0.244. The van der Waals surface area contributed by atoms with Gasteiger partial charge in [-0.3, -0.25) is 4.55 Å². The Kier molecular flexibility index (Phi) is 13.6. The highest BCUT2D eigenvalue weighted by atomic mass is 32.2. The molecule has 52 heavy (non-hydrogen) atoms. The summed E-state index contributed by atoms with van der Waals surface area (Å²) in [5, 5.41) is 12.3. The zero-order chi connectivity index (χ0) is 37.1. The van der Waals surface area contributed by atoms with Crippen molar-refractivity contribution in [2.24, 2.45) is 0 Å². The number of allylic oxidation sites excluding steroid dienone is 5. The van der Waals surface area contributed by atoms with E-state index in [-0.39, 0.29) is 4.90 Å². The van der Waals surface area contributed by atoms with E-state index in [2.05, 4.69) is 130 Å². The molecule has 0 aromatic heterocycles. The van der Waals surface area contributed by atoms with Gasteiger partial charge < -0.3 is 9.80 Å². The van der Waals surface area contributed by atoms with E-state index in [9.17, 15) is 13.0 Å². The number of rotatable bonds is 16. The van der Waals surface area contributed by atoms with Gasteiger partial charge >= 0.3 is 0 Å². The molecule has 0 aliphatic heterocycles. The van der Waals surface area contributed by atoms with Gasteiger partial charge in [0.25, 0.3) is 10.1 Å². The summed E-state index contributed by atoms with van der Waals surface area (Å²) in [5.41, 5.74) is 9.59. The summed E-state index contributed by atoms with van der Waals surface area (Å²) in [6, 6.07) is 31.8. The van der Waals surface area contributed by atoms with E-state index in [0.717, 1.165) is 81.4 Å². The summed E-state index contributed by atoms with van der Waals surface area (Å²) in [4.78, 5) is 5.35. The van der Waals surface area contributed by atoms with E-state index < -0.39 is 10.1 Å². The molecule has 2 N–H and O–H groups in total. The maximum absolute atomic E-state index is 11.7. The predicted molar refractivity (Wildman–Crippen MR) is 210 cm³/mol. The largest absolute Gasteiger partial charge is 0.372 e. The summed E-state index contributed by atoms with van der Waals surface area (Å²) >= 11 is 0.949. The molecule has 0 unspecified atom stereocenters.